The number of aromatic nitrogens is 2. The Balaban J connectivity index is 2.05. The third kappa shape index (κ3) is 2.47. The zero-order chi connectivity index (χ0) is 15.0. The molecule has 0 spiro atoms. The van der Waals surface area contributed by atoms with E-state index >= 15 is 0 Å². The minimum Gasteiger partial charge on any atom is -0.437 e. The van der Waals surface area contributed by atoms with Gasteiger partial charge in [-0.2, -0.15) is 18.2 Å². The third-order valence-corrected chi connectivity index (χ3v) is 3.63. The van der Waals surface area contributed by atoms with Crippen LogP contribution in [0.3, 0.4) is 0 Å². The number of imidazole rings is 1. The van der Waals surface area contributed by atoms with Gasteiger partial charge in [-0.3, -0.25) is 4.40 Å². The highest BCUT2D eigenvalue weighted by atomic mass is 32.1. The Bertz CT molecular complexity index is 779. The Morgan fingerprint density at radius 3 is 2.76 bits per heavy atom. The van der Waals surface area contributed by atoms with Crippen LogP contribution in [0.2, 0.25) is 0 Å². The Morgan fingerprint density at radius 1 is 1.29 bits per heavy atom. The molecule has 21 heavy (non-hydrogen) atoms. The first-order chi connectivity index (χ1) is 10.0. The van der Waals surface area contributed by atoms with Gasteiger partial charge in [-0.1, -0.05) is 12.1 Å². The number of hydrogen-bond acceptors (Lipinski definition) is 4. The van der Waals surface area contributed by atoms with E-state index in [-0.39, 0.29) is 18.2 Å². The van der Waals surface area contributed by atoms with E-state index in [9.17, 15) is 18.3 Å². The van der Waals surface area contributed by atoms with Crippen molar-refractivity contribution in [2.75, 3.05) is 0 Å². The lowest BCUT2D eigenvalue weighted by atomic mass is 10.2. The molecule has 0 fully saturated rings. The van der Waals surface area contributed by atoms with Gasteiger partial charge in [0.1, 0.15) is 11.4 Å². The van der Waals surface area contributed by atoms with Crippen molar-refractivity contribution in [2.24, 2.45) is 0 Å². The highest BCUT2D eigenvalue weighted by Gasteiger charge is 2.34. The highest BCUT2D eigenvalue weighted by Crippen LogP contribution is 2.38. The van der Waals surface area contributed by atoms with Crippen LogP contribution in [0, 0.1) is 0 Å². The number of rotatable bonds is 3. The zero-order valence-corrected chi connectivity index (χ0v) is 11.3. The number of ether oxygens (including phenoxy) is 1. The number of para-hydroxylation sites is 1. The van der Waals surface area contributed by atoms with E-state index in [4.69, 9.17) is 4.74 Å². The first-order valence-corrected chi connectivity index (χ1v) is 6.78. The number of nitrogens with zero attached hydrogens (tertiary/aromatic N) is 2. The maximum absolute atomic E-state index is 12.9. The Hall–Kier alpha value is -2.06. The van der Waals surface area contributed by atoms with Crippen molar-refractivity contribution < 1.29 is 23.0 Å². The second-order valence-corrected chi connectivity index (χ2v) is 5.05. The molecule has 0 radical (unpaired) electrons. The van der Waals surface area contributed by atoms with Crippen LogP contribution in [0.5, 0.6) is 11.6 Å². The van der Waals surface area contributed by atoms with Crippen LogP contribution in [0.4, 0.5) is 13.2 Å². The number of thiazole rings is 1. The van der Waals surface area contributed by atoms with Gasteiger partial charge in [0.25, 0.3) is 0 Å². The molecule has 8 heteroatoms. The lowest BCUT2D eigenvalue weighted by Crippen LogP contribution is -2.07. The van der Waals surface area contributed by atoms with Crippen molar-refractivity contribution in [3.63, 3.8) is 0 Å². The Kier molecular flexibility index (Phi) is 3.34. The maximum Gasteiger partial charge on any atom is 0.419 e. The molecule has 0 bridgehead atoms. The Morgan fingerprint density at radius 2 is 2.05 bits per heavy atom. The lowest BCUT2D eigenvalue weighted by Gasteiger charge is -2.12. The maximum atomic E-state index is 12.9. The predicted molar refractivity (Wildman–Crippen MR) is 70.5 cm³/mol. The van der Waals surface area contributed by atoms with Gasteiger partial charge in [0.05, 0.1) is 12.2 Å². The first kappa shape index (κ1) is 13.9. The van der Waals surface area contributed by atoms with Gasteiger partial charge >= 0.3 is 6.18 Å². The normalized spacial score (nSPS) is 12.0. The van der Waals surface area contributed by atoms with E-state index in [2.05, 4.69) is 4.98 Å². The molecule has 1 N–H and O–H groups in total. The van der Waals surface area contributed by atoms with Crippen LogP contribution in [0.25, 0.3) is 4.96 Å². The summed E-state index contributed by atoms with van der Waals surface area (Å²) >= 11 is 1.30. The van der Waals surface area contributed by atoms with Gasteiger partial charge in [0.15, 0.2) is 4.96 Å². The summed E-state index contributed by atoms with van der Waals surface area (Å²) in [5.74, 6) is -0.369. The number of benzene rings is 1. The minimum absolute atomic E-state index is 0.0268. The second kappa shape index (κ2) is 5.05. The summed E-state index contributed by atoms with van der Waals surface area (Å²) in [6.45, 7) is -0.387. The predicted octanol–water partition coefficient (Wildman–Crippen LogP) is 3.70. The van der Waals surface area contributed by atoms with Crippen LogP contribution in [0.15, 0.2) is 35.8 Å². The molecule has 3 aromatic rings. The molecule has 0 unspecified atom stereocenters. The molecule has 110 valence electrons. The fraction of sp³-hybridized carbons (Fsp3) is 0.154. The largest absolute Gasteiger partial charge is 0.437 e. The van der Waals surface area contributed by atoms with Crippen molar-refractivity contribution in [1.82, 2.24) is 9.38 Å². The fourth-order valence-corrected chi connectivity index (χ4v) is 2.66. The van der Waals surface area contributed by atoms with Crippen LogP contribution in [-0.4, -0.2) is 14.5 Å². The molecule has 2 heterocycles. The molecule has 0 saturated carbocycles. The summed E-state index contributed by atoms with van der Waals surface area (Å²) in [6, 6.07) is 4.89. The summed E-state index contributed by atoms with van der Waals surface area (Å²) in [4.78, 5) is 4.63. The van der Waals surface area contributed by atoms with Gasteiger partial charge in [0.2, 0.25) is 5.88 Å². The van der Waals surface area contributed by atoms with E-state index in [1.54, 1.807) is 16.0 Å². The average Bonchev–Trinajstić information content (AvgIpc) is 2.98. The quantitative estimate of drug-likeness (QED) is 0.802. The van der Waals surface area contributed by atoms with Gasteiger partial charge in [0, 0.05) is 11.6 Å². The van der Waals surface area contributed by atoms with E-state index in [1.807, 2.05) is 0 Å². The standard InChI is InChI=1S/C13H9F3N2O2S/c14-13(15,16)8-3-1-2-4-10(8)20-11-9(7-19)18-5-6-21-12(18)17-11/h1-6,19H,7H2. The number of halogens is 3. The summed E-state index contributed by atoms with van der Waals surface area (Å²) in [5, 5.41) is 11.1. The summed E-state index contributed by atoms with van der Waals surface area (Å²) in [7, 11) is 0. The van der Waals surface area contributed by atoms with Crippen molar-refractivity contribution in [3.8, 4) is 11.6 Å². The van der Waals surface area contributed by atoms with Crippen LogP contribution in [-0.2, 0) is 12.8 Å². The topological polar surface area (TPSA) is 46.8 Å². The van der Waals surface area contributed by atoms with Crippen molar-refractivity contribution in [2.45, 2.75) is 12.8 Å². The van der Waals surface area contributed by atoms with E-state index in [0.717, 1.165) is 6.07 Å². The van der Waals surface area contributed by atoms with Gasteiger partial charge < -0.3 is 9.84 Å². The molecule has 0 amide bonds. The second-order valence-electron chi connectivity index (χ2n) is 4.17. The number of aliphatic hydroxyl groups excluding tert-OH is 1. The van der Waals surface area contributed by atoms with Crippen LogP contribution in [0.1, 0.15) is 11.3 Å². The molecule has 3 rings (SSSR count). The number of hydrogen-bond donors (Lipinski definition) is 1. The molecular formula is C13H9F3N2O2S. The number of fused-ring (bicyclic) bond motifs is 1. The number of alkyl halides is 3. The van der Waals surface area contributed by atoms with E-state index in [0.29, 0.717) is 10.7 Å². The molecular weight excluding hydrogens is 305 g/mol. The monoisotopic (exact) mass is 314 g/mol. The van der Waals surface area contributed by atoms with E-state index < -0.39 is 11.7 Å². The molecule has 0 atom stereocenters. The molecule has 0 aliphatic heterocycles. The van der Waals surface area contributed by atoms with Crippen molar-refractivity contribution in [1.29, 1.82) is 0 Å². The summed E-state index contributed by atoms with van der Waals surface area (Å²) in [6.07, 6.45) is -2.85. The smallest absolute Gasteiger partial charge is 0.419 e. The third-order valence-electron chi connectivity index (χ3n) is 2.87. The molecule has 0 saturated heterocycles. The summed E-state index contributed by atoms with van der Waals surface area (Å²) < 4.78 is 45.7. The van der Waals surface area contributed by atoms with E-state index in [1.165, 1.54) is 29.5 Å². The van der Waals surface area contributed by atoms with Gasteiger partial charge in [-0.05, 0) is 12.1 Å². The average molecular weight is 314 g/mol. The molecule has 4 nitrogen and oxygen atoms in total. The molecule has 0 aliphatic rings. The Labute approximate surface area is 121 Å². The van der Waals surface area contributed by atoms with Crippen molar-refractivity contribution in [3.05, 3.63) is 47.1 Å². The zero-order valence-electron chi connectivity index (χ0n) is 10.5. The molecule has 1 aromatic carbocycles. The minimum atomic E-state index is -4.52. The lowest BCUT2D eigenvalue weighted by molar-refractivity contribution is -0.138. The molecule has 2 aromatic heterocycles. The van der Waals surface area contributed by atoms with Crippen LogP contribution >= 0.6 is 11.3 Å². The number of aliphatic hydroxyl groups is 1. The van der Waals surface area contributed by atoms with Gasteiger partial charge in [-0.15, -0.1) is 11.3 Å². The molecule has 0 aliphatic carbocycles. The van der Waals surface area contributed by atoms with Gasteiger partial charge in [-0.25, -0.2) is 0 Å². The first-order valence-electron chi connectivity index (χ1n) is 5.90. The van der Waals surface area contributed by atoms with Crippen molar-refractivity contribution >= 4 is 16.3 Å². The van der Waals surface area contributed by atoms with Crippen LogP contribution < -0.4 is 4.74 Å². The summed E-state index contributed by atoms with van der Waals surface area (Å²) in [5.41, 5.74) is -0.575. The highest BCUT2D eigenvalue weighted by molar-refractivity contribution is 7.15. The SMILES string of the molecule is OCc1c(Oc2ccccc2C(F)(F)F)nc2sccn12. The fourth-order valence-electron chi connectivity index (χ4n) is 1.93.